The van der Waals surface area contributed by atoms with Crippen LogP contribution < -0.4 is 5.32 Å². The number of anilines is 1. The fourth-order valence-electron chi connectivity index (χ4n) is 2.47. The summed E-state index contributed by atoms with van der Waals surface area (Å²) >= 11 is 0. The third-order valence-corrected chi connectivity index (χ3v) is 3.54. The molecule has 0 saturated carbocycles. The molecule has 3 aromatic heterocycles. The first-order valence-electron chi connectivity index (χ1n) is 7.09. The van der Waals surface area contributed by atoms with Crippen LogP contribution in [0.15, 0.2) is 54.9 Å². The number of para-hydroxylation sites is 2. The Bertz CT molecular complexity index is 945. The van der Waals surface area contributed by atoms with Gasteiger partial charge in [0.05, 0.1) is 23.3 Å². The minimum Gasteiger partial charge on any atom is -0.359 e. The van der Waals surface area contributed by atoms with Crippen molar-refractivity contribution in [2.24, 2.45) is 0 Å². The Morgan fingerprint density at radius 3 is 2.73 bits per heavy atom. The lowest BCUT2D eigenvalue weighted by molar-refractivity contribution is 0.768. The molecule has 1 unspecified atom stereocenters. The third-order valence-electron chi connectivity index (χ3n) is 3.54. The normalized spacial score (nSPS) is 12.6. The zero-order chi connectivity index (χ0) is 14.9. The Hall–Kier alpha value is -3.02. The summed E-state index contributed by atoms with van der Waals surface area (Å²) in [5.74, 6) is 1.56. The van der Waals surface area contributed by atoms with E-state index in [0.29, 0.717) is 0 Å². The van der Waals surface area contributed by atoms with Crippen molar-refractivity contribution in [1.29, 1.82) is 0 Å². The maximum atomic E-state index is 4.57. The highest BCUT2D eigenvalue weighted by Gasteiger charge is 2.13. The van der Waals surface area contributed by atoms with Crippen molar-refractivity contribution < 1.29 is 0 Å². The topological polar surface area (TPSA) is 68.0 Å². The molecule has 22 heavy (non-hydrogen) atoms. The highest BCUT2D eigenvalue weighted by atomic mass is 15.3. The van der Waals surface area contributed by atoms with E-state index in [1.165, 1.54) is 0 Å². The highest BCUT2D eigenvalue weighted by molar-refractivity contribution is 5.75. The molecule has 0 radical (unpaired) electrons. The van der Waals surface area contributed by atoms with Crippen LogP contribution >= 0.6 is 0 Å². The molecule has 1 atom stereocenters. The molecule has 0 saturated heterocycles. The van der Waals surface area contributed by atoms with E-state index in [1.807, 2.05) is 60.0 Å². The van der Waals surface area contributed by atoms with Crippen LogP contribution in [0.3, 0.4) is 0 Å². The van der Waals surface area contributed by atoms with Crippen molar-refractivity contribution in [1.82, 2.24) is 24.6 Å². The van der Waals surface area contributed by atoms with E-state index >= 15 is 0 Å². The lowest BCUT2D eigenvalue weighted by Gasteiger charge is -2.13. The van der Waals surface area contributed by atoms with Gasteiger partial charge in [0.15, 0.2) is 11.5 Å². The van der Waals surface area contributed by atoms with Crippen molar-refractivity contribution in [3.8, 4) is 0 Å². The average Bonchev–Trinajstić information content (AvgIpc) is 2.99. The summed E-state index contributed by atoms with van der Waals surface area (Å²) in [4.78, 5) is 8.98. The summed E-state index contributed by atoms with van der Waals surface area (Å²) in [6, 6.07) is 13.6. The molecule has 0 spiro atoms. The van der Waals surface area contributed by atoms with Crippen molar-refractivity contribution in [3.63, 3.8) is 0 Å². The van der Waals surface area contributed by atoms with Gasteiger partial charge in [-0.25, -0.2) is 4.98 Å². The largest absolute Gasteiger partial charge is 0.359 e. The molecule has 6 heteroatoms. The van der Waals surface area contributed by atoms with Crippen LogP contribution in [0, 0.1) is 0 Å². The fraction of sp³-hybridized carbons (Fsp3) is 0.125. The first-order valence-corrected chi connectivity index (χ1v) is 7.09. The summed E-state index contributed by atoms with van der Waals surface area (Å²) in [5.41, 5.74) is 2.58. The zero-order valence-electron chi connectivity index (χ0n) is 12.0. The number of rotatable bonds is 3. The van der Waals surface area contributed by atoms with E-state index in [1.54, 1.807) is 6.20 Å². The highest BCUT2D eigenvalue weighted by Crippen LogP contribution is 2.18. The molecule has 1 N–H and O–H groups in total. The van der Waals surface area contributed by atoms with Crippen LogP contribution in [-0.4, -0.2) is 24.6 Å². The fourth-order valence-corrected chi connectivity index (χ4v) is 2.47. The minimum atomic E-state index is -0.0344. The Labute approximate surface area is 126 Å². The van der Waals surface area contributed by atoms with Gasteiger partial charge in [-0.1, -0.05) is 18.2 Å². The molecular weight excluding hydrogens is 276 g/mol. The molecule has 108 valence electrons. The smallest absolute Gasteiger partial charge is 0.160 e. The Kier molecular flexibility index (Phi) is 2.93. The predicted octanol–water partition coefficient (Wildman–Crippen LogP) is 2.85. The third kappa shape index (κ3) is 2.14. The second-order valence-corrected chi connectivity index (χ2v) is 5.10. The van der Waals surface area contributed by atoms with Gasteiger partial charge in [-0.05, 0) is 31.2 Å². The summed E-state index contributed by atoms with van der Waals surface area (Å²) in [6.07, 6.45) is 3.69. The van der Waals surface area contributed by atoms with Crippen LogP contribution in [0.4, 0.5) is 5.82 Å². The molecule has 0 aliphatic heterocycles. The quantitative estimate of drug-likeness (QED) is 0.628. The van der Waals surface area contributed by atoms with Gasteiger partial charge in [0.1, 0.15) is 5.82 Å². The summed E-state index contributed by atoms with van der Waals surface area (Å²) in [5, 5.41) is 11.8. The Morgan fingerprint density at radius 2 is 1.82 bits per heavy atom. The van der Waals surface area contributed by atoms with E-state index in [2.05, 4.69) is 25.5 Å². The lowest BCUT2D eigenvalue weighted by Crippen LogP contribution is -2.11. The molecular formula is C16H14N6. The maximum Gasteiger partial charge on any atom is 0.160 e. The molecule has 0 bridgehead atoms. The van der Waals surface area contributed by atoms with Gasteiger partial charge in [0.25, 0.3) is 0 Å². The van der Waals surface area contributed by atoms with Crippen LogP contribution in [0.1, 0.15) is 18.8 Å². The van der Waals surface area contributed by atoms with Crippen molar-refractivity contribution in [2.45, 2.75) is 13.0 Å². The van der Waals surface area contributed by atoms with E-state index in [4.69, 9.17) is 0 Å². The summed E-state index contributed by atoms with van der Waals surface area (Å²) in [7, 11) is 0. The number of fused-ring (bicyclic) bond motifs is 2. The monoisotopic (exact) mass is 290 g/mol. The van der Waals surface area contributed by atoms with Crippen LogP contribution in [0.25, 0.3) is 16.7 Å². The summed E-state index contributed by atoms with van der Waals surface area (Å²) < 4.78 is 1.96. The molecule has 0 aliphatic carbocycles. The van der Waals surface area contributed by atoms with Crippen molar-refractivity contribution in [3.05, 3.63) is 60.7 Å². The van der Waals surface area contributed by atoms with Crippen molar-refractivity contribution in [2.75, 3.05) is 5.32 Å². The van der Waals surface area contributed by atoms with Gasteiger partial charge < -0.3 is 5.32 Å². The number of nitrogens with one attached hydrogen (secondary N) is 1. The standard InChI is InChI=1S/C16H14N6/c1-11(16-21-20-15-8-4-5-9-22(15)16)18-14-10-17-12-6-2-3-7-13(12)19-14/h2-11H,1H3,(H,18,19). The molecule has 0 aliphatic rings. The van der Waals surface area contributed by atoms with Crippen LogP contribution in [0.5, 0.6) is 0 Å². The average molecular weight is 290 g/mol. The first kappa shape index (κ1) is 12.7. The lowest BCUT2D eigenvalue weighted by atomic mass is 10.3. The molecule has 6 nitrogen and oxygen atoms in total. The van der Waals surface area contributed by atoms with E-state index < -0.39 is 0 Å². The van der Waals surface area contributed by atoms with Gasteiger partial charge in [-0.15, -0.1) is 10.2 Å². The first-order chi connectivity index (χ1) is 10.8. The number of hydrogen-bond donors (Lipinski definition) is 1. The van der Waals surface area contributed by atoms with E-state index in [9.17, 15) is 0 Å². The van der Waals surface area contributed by atoms with Gasteiger partial charge in [0.2, 0.25) is 0 Å². The minimum absolute atomic E-state index is 0.0344. The molecule has 0 amide bonds. The molecule has 0 fully saturated rings. The van der Waals surface area contributed by atoms with E-state index in [0.717, 1.165) is 28.3 Å². The van der Waals surface area contributed by atoms with E-state index in [-0.39, 0.29) is 6.04 Å². The molecule has 1 aromatic carbocycles. The Balaban J connectivity index is 1.66. The predicted molar refractivity (Wildman–Crippen MR) is 84.6 cm³/mol. The number of hydrogen-bond acceptors (Lipinski definition) is 5. The molecule has 3 heterocycles. The van der Waals surface area contributed by atoms with Crippen LogP contribution in [-0.2, 0) is 0 Å². The second-order valence-electron chi connectivity index (χ2n) is 5.10. The number of nitrogens with zero attached hydrogens (tertiary/aromatic N) is 5. The molecule has 4 aromatic rings. The second kappa shape index (κ2) is 5.07. The SMILES string of the molecule is CC(Nc1cnc2ccccc2n1)c1nnc2ccccn12. The van der Waals surface area contributed by atoms with Gasteiger partial charge in [-0.2, -0.15) is 0 Å². The number of benzene rings is 1. The van der Waals surface area contributed by atoms with Gasteiger partial charge in [0, 0.05) is 6.20 Å². The number of aromatic nitrogens is 5. The maximum absolute atomic E-state index is 4.57. The van der Waals surface area contributed by atoms with Gasteiger partial charge in [-0.3, -0.25) is 9.38 Å². The Morgan fingerprint density at radius 1 is 1.00 bits per heavy atom. The van der Waals surface area contributed by atoms with Crippen molar-refractivity contribution >= 4 is 22.5 Å². The molecule has 4 rings (SSSR count). The van der Waals surface area contributed by atoms with Gasteiger partial charge >= 0.3 is 0 Å². The zero-order valence-corrected chi connectivity index (χ0v) is 12.0. The van der Waals surface area contributed by atoms with Crippen LogP contribution in [0.2, 0.25) is 0 Å². The summed E-state index contributed by atoms with van der Waals surface area (Å²) in [6.45, 7) is 2.03. The number of pyridine rings is 1.